The van der Waals surface area contributed by atoms with Gasteiger partial charge in [0.1, 0.15) is 5.69 Å². The molecule has 3 rings (SSSR count). The Bertz CT molecular complexity index is 922. The highest BCUT2D eigenvalue weighted by molar-refractivity contribution is 5.92. The van der Waals surface area contributed by atoms with Gasteiger partial charge >= 0.3 is 0 Å². The maximum atomic E-state index is 12.2. The first kappa shape index (κ1) is 15.5. The fraction of sp³-hybridized carbons (Fsp3) is 0.118. The van der Waals surface area contributed by atoms with Crippen LogP contribution in [0, 0.1) is 0 Å². The summed E-state index contributed by atoms with van der Waals surface area (Å²) >= 11 is 0. The van der Waals surface area contributed by atoms with Gasteiger partial charge in [-0.25, -0.2) is 4.68 Å². The summed E-state index contributed by atoms with van der Waals surface area (Å²) in [5.74, 6) is -0.352. The third-order valence-corrected chi connectivity index (χ3v) is 3.48. The molecule has 24 heavy (non-hydrogen) atoms. The second-order valence-electron chi connectivity index (χ2n) is 5.11. The van der Waals surface area contributed by atoms with Crippen molar-refractivity contribution in [2.45, 2.75) is 6.54 Å². The van der Waals surface area contributed by atoms with Crippen LogP contribution in [0.5, 0.6) is 0 Å². The molecule has 0 spiro atoms. The highest BCUT2D eigenvalue weighted by atomic mass is 16.2. The molecule has 120 valence electrons. The van der Waals surface area contributed by atoms with Gasteiger partial charge in [0.15, 0.2) is 0 Å². The van der Waals surface area contributed by atoms with Crippen LogP contribution in [0.15, 0.2) is 59.8 Å². The number of rotatable bonds is 4. The molecule has 0 aliphatic heterocycles. The van der Waals surface area contributed by atoms with Crippen LogP contribution >= 0.6 is 0 Å². The molecule has 0 aliphatic carbocycles. The van der Waals surface area contributed by atoms with Crippen LogP contribution in [0.3, 0.4) is 0 Å². The molecule has 3 aromatic heterocycles. The minimum absolute atomic E-state index is 0.187. The summed E-state index contributed by atoms with van der Waals surface area (Å²) in [6.45, 7) is 0.300. The number of aromatic nitrogens is 4. The third kappa shape index (κ3) is 3.35. The largest absolute Gasteiger partial charge is 0.346 e. The SMILES string of the molecule is Cn1nc(C(=O)NCc2cccnc2-c2ccncc2)ccc1=O. The van der Waals surface area contributed by atoms with Gasteiger partial charge in [0, 0.05) is 43.8 Å². The van der Waals surface area contributed by atoms with E-state index in [0.29, 0.717) is 6.54 Å². The van der Waals surface area contributed by atoms with E-state index in [1.807, 2.05) is 24.3 Å². The Morgan fingerprint density at radius 1 is 1.12 bits per heavy atom. The number of amides is 1. The van der Waals surface area contributed by atoms with Crippen molar-refractivity contribution >= 4 is 5.91 Å². The van der Waals surface area contributed by atoms with E-state index >= 15 is 0 Å². The minimum atomic E-state index is -0.352. The van der Waals surface area contributed by atoms with Gasteiger partial charge < -0.3 is 5.32 Å². The molecule has 0 atom stereocenters. The van der Waals surface area contributed by atoms with Crippen LogP contribution in [-0.2, 0) is 13.6 Å². The summed E-state index contributed by atoms with van der Waals surface area (Å²) in [5.41, 5.74) is 2.51. The van der Waals surface area contributed by atoms with Gasteiger partial charge in [-0.1, -0.05) is 6.07 Å². The summed E-state index contributed by atoms with van der Waals surface area (Å²) in [6.07, 6.45) is 5.09. The van der Waals surface area contributed by atoms with Gasteiger partial charge in [-0.2, -0.15) is 5.10 Å². The van der Waals surface area contributed by atoms with Crippen molar-refractivity contribution < 1.29 is 4.79 Å². The van der Waals surface area contributed by atoms with E-state index in [1.54, 1.807) is 18.6 Å². The highest BCUT2D eigenvalue weighted by Gasteiger charge is 2.11. The van der Waals surface area contributed by atoms with E-state index in [0.717, 1.165) is 21.5 Å². The standard InChI is InChI=1S/C17H15N5O2/c1-22-15(23)5-4-14(21-22)17(24)20-11-13-3-2-8-19-16(13)12-6-9-18-10-7-12/h2-10H,11H2,1H3,(H,20,24). The average molecular weight is 321 g/mol. The molecule has 0 radical (unpaired) electrons. The Morgan fingerprint density at radius 3 is 2.67 bits per heavy atom. The van der Waals surface area contributed by atoms with Crippen molar-refractivity contribution in [2.24, 2.45) is 7.05 Å². The van der Waals surface area contributed by atoms with E-state index in [1.165, 1.54) is 19.2 Å². The predicted molar refractivity (Wildman–Crippen MR) is 88.1 cm³/mol. The lowest BCUT2D eigenvalue weighted by Crippen LogP contribution is -2.28. The fourth-order valence-corrected chi connectivity index (χ4v) is 2.24. The number of pyridine rings is 2. The molecule has 0 fully saturated rings. The highest BCUT2D eigenvalue weighted by Crippen LogP contribution is 2.20. The van der Waals surface area contributed by atoms with Gasteiger partial charge in [0.2, 0.25) is 0 Å². The summed E-state index contributed by atoms with van der Waals surface area (Å²) < 4.78 is 1.13. The first-order valence-electron chi connectivity index (χ1n) is 7.32. The zero-order chi connectivity index (χ0) is 16.9. The molecule has 1 N–H and O–H groups in total. The van der Waals surface area contributed by atoms with Gasteiger partial charge in [0.05, 0.1) is 5.69 Å². The number of carbonyl (C=O) groups excluding carboxylic acids is 1. The second kappa shape index (κ2) is 6.82. The second-order valence-corrected chi connectivity index (χ2v) is 5.11. The summed E-state index contributed by atoms with van der Waals surface area (Å²) in [4.78, 5) is 31.9. The lowest BCUT2D eigenvalue weighted by Gasteiger charge is -2.10. The lowest BCUT2D eigenvalue weighted by molar-refractivity contribution is 0.0943. The van der Waals surface area contributed by atoms with Crippen LogP contribution in [0.4, 0.5) is 0 Å². The van der Waals surface area contributed by atoms with Gasteiger partial charge in [0.25, 0.3) is 11.5 Å². The normalized spacial score (nSPS) is 10.4. The average Bonchev–Trinajstić information content (AvgIpc) is 2.63. The molecule has 3 aromatic rings. The quantitative estimate of drug-likeness (QED) is 0.779. The van der Waals surface area contributed by atoms with E-state index in [-0.39, 0.29) is 17.2 Å². The maximum absolute atomic E-state index is 12.2. The van der Waals surface area contributed by atoms with Crippen LogP contribution in [0.2, 0.25) is 0 Å². The van der Waals surface area contributed by atoms with Crippen molar-refractivity contribution in [3.8, 4) is 11.3 Å². The van der Waals surface area contributed by atoms with Gasteiger partial charge in [-0.3, -0.25) is 19.6 Å². The third-order valence-electron chi connectivity index (χ3n) is 3.48. The molecule has 3 heterocycles. The van der Waals surface area contributed by atoms with Crippen molar-refractivity contribution in [1.29, 1.82) is 0 Å². The number of carbonyl (C=O) groups is 1. The van der Waals surface area contributed by atoms with E-state index < -0.39 is 0 Å². The smallest absolute Gasteiger partial charge is 0.271 e. The molecule has 1 amide bonds. The van der Waals surface area contributed by atoms with Crippen LogP contribution < -0.4 is 10.9 Å². The molecule has 7 heteroatoms. The molecule has 7 nitrogen and oxygen atoms in total. The van der Waals surface area contributed by atoms with E-state index in [2.05, 4.69) is 20.4 Å². The van der Waals surface area contributed by atoms with Gasteiger partial charge in [-0.15, -0.1) is 0 Å². The van der Waals surface area contributed by atoms with Crippen molar-refractivity contribution in [3.63, 3.8) is 0 Å². The molecule has 0 aliphatic rings. The van der Waals surface area contributed by atoms with Crippen LogP contribution in [0.25, 0.3) is 11.3 Å². The number of hydrogen-bond acceptors (Lipinski definition) is 5. The van der Waals surface area contributed by atoms with Crippen molar-refractivity contribution in [3.05, 3.63) is 76.6 Å². The molecular weight excluding hydrogens is 306 g/mol. The number of hydrogen-bond donors (Lipinski definition) is 1. The molecule has 0 bridgehead atoms. The fourth-order valence-electron chi connectivity index (χ4n) is 2.24. The molecule has 0 saturated carbocycles. The Morgan fingerprint density at radius 2 is 1.92 bits per heavy atom. The zero-order valence-corrected chi connectivity index (χ0v) is 13.0. The first-order valence-corrected chi connectivity index (χ1v) is 7.32. The minimum Gasteiger partial charge on any atom is -0.346 e. The molecular formula is C17H15N5O2. The van der Waals surface area contributed by atoms with Crippen LogP contribution in [-0.4, -0.2) is 25.7 Å². The molecule has 0 saturated heterocycles. The topological polar surface area (TPSA) is 89.8 Å². The predicted octanol–water partition coefficient (Wildman–Crippen LogP) is 1.17. The van der Waals surface area contributed by atoms with E-state index in [9.17, 15) is 9.59 Å². The zero-order valence-electron chi connectivity index (χ0n) is 13.0. The number of aryl methyl sites for hydroxylation is 1. The Kier molecular flexibility index (Phi) is 4.42. The monoisotopic (exact) mass is 321 g/mol. The summed E-state index contributed by atoms with van der Waals surface area (Å²) in [7, 11) is 1.50. The maximum Gasteiger partial charge on any atom is 0.271 e. The Balaban J connectivity index is 1.79. The van der Waals surface area contributed by atoms with Crippen molar-refractivity contribution in [1.82, 2.24) is 25.1 Å². The van der Waals surface area contributed by atoms with Crippen LogP contribution in [0.1, 0.15) is 16.1 Å². The summed E-state index contributed by atoms with van der Waals surface area (Å²) in [6, 6.07) is 10.2. The molecule has 0 aromatic carbocycles. The Labute approximate surface area is 138 Å². The van der Waals surface area contributed by atoms with E-state index in [4.69, 9.17) is 0 Å². The first-order chi connectivity index (χ1) is 11.6. The number of nitrogens with one attached hydrogen (secondary N) is 1. The molecule has 0 unspecified atom stereocenters. The number of nitrogens with zero attached hydrogens (tertiary/aromatic N) is 4. The van der Waals surface area contributed by atoms with Gasteiger partial charge in [-0.05, 0) is 29.8 Å². The Hall–Kier alpha value is -3.35. The van der Waals surface area contributed by atoms with Crippen molar-refractivity contribution in [2.75, 3.05) is 0 Å². The lowest BCUT2D eigenvalue weighted by atomic mass is 10.1. The summed E-state index contributed by atoms with van der Waals surface area (Å²) in [5, 5.41) is 6.73.